The van der Waals surface area contributed by atoms with Crippen LogP contribution >= 0.6 is 0 Å². The minimum absolute atomic E-state index is 0.136. The highest BCUT2D eigenvalue weighted by Crippen LogP contribution is 2.10. The average Bonchev–Trinajstić information content (AvgIpc) is 2.29. The van der Waals surface area contributed by atoms with Crippen LogP contribution in [0.3, 0.4) is 0 Å². The van der Waals surface area contributed by atoms with Crippen molar-refractivity contribution < 1.29 is 9.90 Å². The molecule has 2 N–H and O–H groups in total. The highest BCUT2D eigenvalue weighted by atomic mass is 16.3. The number of hydrogen-bond acceptors (Lipinski definition) is 4. The number of amides is 1. The zero-order valence-electron chi connectivity index (χ0n) is 11.9. The lowest BCUT2D eigenvalue weighted by atomic mass is 10.1. The fraction of sp³-hybridized carbons (Fsp3) is 0.923. The van der Waals surface area contributed by atoms with Gasteiger partial charge >= 0.3 is 0 Å². The summed E-state index contributed by atoms with van der Waals surface area (Å²) in [7, 11) is 0. The largest absolute Gasteiger partial charge is 0.392 e. The first-order valence-corrected chi connectivity index (χ1v) is 6.94. The second kappa shape index (κ2) is 7.71. The monoisotopic (exact) mass is 257 g/mol. The number of nitrogens with one attached hydrogen (secondary N) is 1. The molecule has 0 bridgehead atoms. The number of nitrogens with zero attached hydrogens (tertiary/aromatic N) is 2. The number of aliphatic hydroxyl groups excluding tert-OH is 1. The van der Waals surface area contributed by atoms with Crippen LogP contribution in [0.4, 0.5) is 0 Å². The highest BCUT2D eigenvalue weighted by Gasteiger charge is 2.24. The van der Waals surface area contributed by atoms with Crippen molar-refractivity contribution in [3.05, 3.63) is 0 Å². The number of carbonyl (C=O) groups excluding carboxylic acids is 1. The Balaban J connectivity index is 2.26. The Hall–Kier alpha value is -0.650. The molecule has 5 heteroatoms. The van der Waals surface area contributed by atoms with Gasteiger partial charge in [-0.25, -0.2) is 0 Å². The van der Waals surface area contributed by atoms with Gasteiger partial charge in [-0.2, -0.15) is 0 Å². The van der Waals surface area contributed by atoms with Gasteiger partial charge in [-0.15, -0.1) is 0 Å². The van der Waals surface area contributed by atoms with E-state index < -0.39 is 0 Å². The van der Waals surface area contributed by atoms with E-state index in [1.807, 2.05) is 13.8 Å². The van der Waals surface area contributed by atoms with Gasteiger partial charge in [0, 0.05) is 51.7 Å². The van der Waals surface area contributed by atoms with E-state index in [1.54, 1.807) is 0 Å². The highest BCUT2D eigenvalue weighted by molar-refractivity contribution is 5.75. The topological polar surface area (TPSA) is 55.8 Å². The minimum Gasteiger partial charge on any atom is -0.392 e. The molecular formula is C13H27N3O2. The Kier molecular flexibility index (Phi) is 6.60. The molecule has 0 aromatic rings. The Bertz CT molecular complexity index is 259. The molecule has 0 aliphatic carbocycles. The smallest absolute Gasteiger partial charge is 0.221 e. The minimum atomic E-state index is -0.269. The van der Waals surface area contributed by atoms with E-state index in [0.717, 1.165) is 32.7 Å². The summed E-state index contributed by atoms with van der Waals surface area (Å²) in [6, 6.07) is 0.447. The van der Waals surface area contributed by atoms with Crippen molar-refractivity contribution >= 4 is 5.91 Å². The van der Waals surface area contributed by atoms with Gasteiger partial charge in [0.25, 0.3) is 0 Å². The molecule has 0 unspecified atom stereocenters. The van der Waals surface area contributed by atoms with E-state index in [4.69, 9.17) is 0 Å². The summed E-state index contributed by atoms with van der Waals surface area (Å²) >= 11 is 0. The Morgan fingerprint density at radius 1 is 1.50 bits per heavy atom. The van der Waals surface area contributed by atoms with Crippen LogP contribution in [0.2, 0.25) is 0 Å². The summed E-state index contributed by atoms with van der Waals surface area (Å²) in [6.07, 6.45) is 0.311. The first-order valence-electron chi connectivity index (χ1n) is 6.94. The van der Waals surface area contributed by atoms with Gasteiger partial charge in [-0.3, -0.25) is 9.69 Å². The first-order chi connectivity index (χ1) is 8.52. The van der Waals surface area contributed by atoms with Crippen molar-refractivity contribution in [2.75, 3.05) is 39.3 Å². The maximum absolute atomic E-state index is 11.4. The Morgan fingerprint density at radius 3 is 2.78 bits per heavy atom. The second-order valence-corrected chi connectivity index (χ2v) is 5.20. The van der Waals surface area contributed by atoms with Crippen LogP contribution in [0, 0.1) is 0 Å². The Morgan fingerprint density at radius 2 is 2.22 bits per heavy atom. The van der Waals surface area contributed by atoms with Gasteiger partial charge in [-0.1, -0.05) is 0 Å². The molecule has 0 aromatic carbocycles. The zero-order valence-corrected chi connectivity index (χ0v) is 11.9. The molecule has 18 heavy (non-hydrogen) atoms. The number of hydrogen-bond donors (Lipinski definition) is 2. The molecule has 0 saturated carbocycles. The number of aliphatic hydroxyl groups is 1. The van der Waals surface area contributed by atoms with Crippen molar-refractivity contribution in [3.8, 4) is 0 Å². The molecule has 2 atom stereocenters. The van der Waals surface area contributed by atoms with Gasteiger partial charge in [0.15, 0.2) is 0 Å². The van der Waals surface area contributed by atoms with E-state index in [2.05, 4.69) is 22.0 Å². The van der Waals surface area contributed by atoms with E-state index in [-0.39, 0.29) is 12.0 Å². The molecule has 1 aliphatic rings. The second-order valence-electron chi connectivity index (χ2n) is 5.20. The zero-order chi connectivity index (χ0) is 13.5. The number of β-amino-alcohol motifs (C(OH)–C–C–N with tert-alkyl or cyclic N) is 1. The maximum Gasteiger partial charge on any atom is 0.221 e. The molecule has 0 radical (unpaired) electrons. The van der Waals surface area contributed by atoms with Crippen LogP contribution < -0.4 is 5.32 Å². The first kappa shape index (κ1) is 15.4. The van der Waals surface area contributed by atoms with Crippen molar-refractivity contribution in [3.63, 3.8) is 0 Å². The molecule has 1 rings (SSSR count). The van der Waals surface area contributed by atoms with Gasteiger partial charge in [0.1, 0.15) is 0 Å². The fourth-order valence-electron chi connectivity index (χ4n) is 2.43. The Labute approximate surface area is 110 Å². The number of piperazine rings is 1. The van der Waals surface area contributed by atoms with Gasteiger partial charge < -0.3 is 15.3 Å². The van der Waals surface area contributed by atoms with E-state index in [0.29, 0.717) is 19.0 Å². The molecule has 1 amide bonds. The summed E-state index contributed by atoms with van der Waals surface area (Å²) in [5.74, 6) is 0.136. The standard InChI is InChI=1S/C13H27N3O2/c1-4-14-13(18)5-6-15-7-8-16(10-12(3)17)11(2)9-15/h11-12,17H,4-10H2,1-3H3,(H,14,18)/t11-,12+/m1/s1. The normalized spacial score (nSPS) is 23.9. The summed E-state index contributed by atoms with van der Waals surface area (Å²) in [4.78, 5) is 16.0. The molecule has 5 nitrogen and oxygen atoms in total. The van der Waals surface area contributed by atoms with Crippen molar-refractivity contribution in [1.29, 1.82) is 0 Å². The lowest BCUT2D eigenvalue weighted by Gasteiger charge is -2.40. The summed E-state index contributed by atoms with van der Waals surface area (Å²) < 4.78 is 0. The molecule has 106 valence electrons. The molecule has 1 fully saturated rings. The van der Waals surface area contributed by atoms with E-state index in [9.17, 15) is 9.90 Å². The maximum atomic E-state index is 11.4. The van der Waals surface area contributed by atoms with Gasteiger partial charge in [0.2, 0.25) is 5.91 Å². The molecule has 1 aliphatic heterocycles. The molecule has 1 saturated heterocycles. The number of rotatable bonds is 6. The van der Waals surface area contributed by atoms with Crippen molar-refractivity contribution in [1.82, 2.24) is 15.1 Å². The van der Waals surface area contributed by atoms with Crippen LogP contribution in [0.5, 0.6) is 0 Å². The summed E-state index contributed by atoms with van der Waals surface area (Å²) in [5.41, 5.74) is 0. The third kappa shape index (κ3) is 5.33. The lowest BCUT2D eigenvalue weighted by Crippen LogP contribution is -2.53. The van der Waals surface area contributed by atoms with Crippen LogP contribution in [-0.2, 0) is 4.79 Å². The summed E-state index contributed by atoms with van der Waals surface area (Å²) in [5, 5.41) is 12.2. The quantitative estimate of drug-likeness (QED) is 0.698. The molecule has 1 heterocycles. The van der Waals surface area contributed by atoms with Crippen LogP contribution in [-0.4, -0.2) is 72.2 Å². The van der Waals surface area contributed by atoms with E-state index >= 15 is 0 Å². The van der Waals surface area contributed by atoms with Crippen LogP contribution in [0.25, 0.3) is 0 Å². The summed E-state index contributed by atoms with van der Waals surface area (Å²) in [6.45, 7) is 11.2. The van der Waals surface area contributed by atoms with Gasteiger partial charge in [0.05, 0.1) is 6.10 Å². The van der Waals surface area contributed by atoms with E-state index in [1.165, 1.54) is 0 Å². The lowest BCUT2D eigenvalue weighted by molar-refractivity contribution is -0.121. The molecule has 0 spiro atoms. The third-order valence-electron chi connectivity index (χ3n) is 3.38. The third-order valence-corrected chi connectivity index (χ3v) is 3.38. The van der Waals surface area contributed by atoms with Crippen molar-refractivity contribution in [2.24, 2.45) is 0 Å². The fourth-order valence-corrected chi connectivity index (χ4v) is 2.43. The molecular weight excluding hydrogens is 230 g/mol. The van der Waals surface area contributed by atoms with Crippen molar-refractivity contribution in [2.45, 2.75) is 39.3 Å². The predicted molar refractivity (Wildman–Crippen MR) is 72.5 cm³/mol. The predicted octanol–water partition coefficient (Wildman–Crippen LogP) is -0.100. The molecule has 0 aromatic heterocycles. The number of carbonyl (C=O) groups is 1. The SMILES string of the molecule is CCNC(=O)CCN1CCN(C[C@H](C)O)[C@H](C)C1. The van der Waals surface area contributed by atoms with Crippen LogP contribution in [0.15, 0.2) is 0 Å². The van der Waals surface area contributed by atoms with Crippen LogP contribution in [0.1, 0.15) is 27.2 Å². The average molecular weight is 257 g/mol. The van der Waals surface area contributed by atoms with Gasteiger partial charge in [-0.05, 0) is 20.8 Å².